The molecule has 1 amide bonds. The lowest BCUT2D eigenvalue weighted by atomic mass is 9.85. The zero-order valence-electron chi connectivity index (χ0n) is 10.9. The van der Waals surface area contributed by atoms with Crippen molar-refractivity contribution in [1.82, 2.24) is 0 Å². The summed E-state index contributed by atoms with van der Waals surface area (Å²) in [4.78, 5) is 22.4. The molecule has 1 aromatic rings. The summed E-state index contributed by atoms with van der Waals surface area (Å²) in [7, 11) is 0. The first-order chi connectivity index (χ1) is 9.48. The zero-order valence-corrected chi connectivity index (χ0v) is 11.7. The fraction of sp³-hybridized carbons (Fsp3) is 0.462. The Morgan fingerprint density at radius 3 is 2.60 bits per heavy atom. The van der Waals surface area contributed by atoms with E-state index < -0.39 is 10.3 Å². The second-order valence-electron chi connectivity index (χ2n) is 5.07. The van der Waals surface area contributed by atoms with Crippen LogP contribution in [0.15, 0.2) is 18.2 Å². The molecular weight excluding hydrogens is 282 g/mol. The topological polar surface area (TPSA) is 98.3 Å². The lowest BCUT2D eigenvalue weighted by Gasteiger charge is -2.25. The van der Waals surface area contributed by atoms with E-state index in [1.807, 2.05) is 0 Å². The largest absolute Gasteiger partial charge is 0.329 e. The van der Waals surface area contributed by atoms with Crippen molar-refractivity contribution in [1.29, 1.82) is 0 Å². The minimum Gasteiger partial charge on any atom is -0.329 e. The summed E-state index contributed by atoms with van der Waals surface area (Å²) in [6.07, 6.45) is 3.53. The number of carbonyl (C=O) groups is 1. The number of carbonyl (C=O) groups excluding carboxylic acids is 1. The molecule has 3 N–H and O–H groups in total. The van der Waals surface area contributed by atoms with Crippen molar-refractivity contribution in [2.45, 2.75) is 25.7 Å². The number of rotatable bonds is 4. The quantitative estimate of drug-likeness (QED) is 0.659. The minimum atomic E-state index is -0.563. The number of halogens is 1. The normalized spacial score (nSPS) is 16.9. The van der Waals surface area contributed by atoms with Crippen molar-refractivity contribution >= 4 is 28.9 Å². The highest BCUT2D eigenvalue weighted by Gasteiger charge is 2.39. The monoisotopic (exact) mass is 297 g/mol. The van der Waals surface area contributed by atoms with Crippen molar-refractivity contribution in [3.05, 3.63) is 33.3 Å². The molecule has 2 rings (SSSR count). The molecule has 0 unspecified atom stereocenters. The van der Waals surface area contributed by atoms with Gasteiger partial charge in [0.05, 0.1) is 10.3 Å². The van der Waals surface area contributed by atoms with Crippen LogP contribution in [0.3, 0.4) is 0 Å². The van der Waals surface area contributed by atoms with Gasteiger partial charge in [-0.2, -0.15) is 0 Å². The fourth-order valence-corrected chi connectivity index (χ4v) is 2.82. The Hall–Kier alpha value is -1.66. The molecule has 20 heavy (non-hydrogen) atoms. The molecule has 108 valence electrons. The van der Waals surface area contributed by atoms with E-state index in [1.54, 1.807) is 0 Å². The SMILES string of the molecule is NCC1(C(=O)Nc2ccc([N+](=O)[O-])c(Cl)c2)CCCC1. The molecule has 0 spiro atoms. The van der Waals surface area contributed by atoms with Crippen LogP contribution in [-0.2, 0) is 4.79 Å². The van der Waals surface area contributed by atoms with E-state index in [1.165, 1.54) is 18.2 Å². The van der Waals surface area contributed by atoms with Gasteiger partial charge in [-0.1, -0.05) is 24.4 Å². The van der Waals surface area contributed by atoms with Crippen molar-refractivity contribution < 1.29 is 9.72 Å². The first-order valence-corrected chi connectivity index (χ1v) is 6.82. The molecule has 0 aromatic heterocycles. The number of hydrogen-bond acceptors (Lipinski definition) is 4. The third kappa shape index (κ3) is 2.76. The summed E-state index contributed by atoms with van der Waals surface area (Å²) in [6, 6.07) is 4.14. The van der Waals surface area contributed by atoms with Crippen LogP contribution in [0.4, 0.5) is 11.4 Å². The Kier molecular flexibility index (Phi) is 4.25. The number of benzene rings is 1. The number of nitro benzene ring substituents is 1. The number of hydrogen-bond donors (Lipinski definition) is 2. The molecule has 1 saturated carbocycles. The smallest absolute Gasteiger partial charge is 0.288 e. The summed E-state index contributed by atoms with van der Waals surface area (Å²) in [6.45, 7) is 0.305. The third-order valence-corrected chi connectivity index (χ3v) is 4.14. The van der Waals surface area contributed by atoms with Crippen molar-refractivity contribution in [3.63, 3.8) is 0 Å². The van der Waals surface area contributed by atoms with Gasteiger partial charge in [-0.3, -0.25) is 14.9 Å². The summed E-state index contributed by atoms with van der Waals surface area (Å²) in [5.74, 6) is -0.137. The summed E-state index contributed by atoms with van der Waals surface area (Å²) < 4.78 is 0. The Labute approximate surface area is 121 Å². The van der Waals surface area contributed by atoms with Crippen molar-refractivity contribution in [2.75, 3.05) is 11.9 Å². The maximum absolute atomic E-state index is 12.3. The molecule has 1 aliphatic rings. The number of nitrogens with one attached hydrogen (secondary N) is 1. The molecule has 1 fully saturated rings. The average molecular weight is 298 g/mol. The van der Waals surface area contributed by atoms with Crippen LogP contribution in [0, 0.1) is 15.5 Å². The van der Waals surface area contributed by atoms with Gasteiger partial charge in [-0.25, -0.2) is 0 Å². The number of nitrogens with two attached hydrogens (primary N) is 1. The summed E-state index contributed by atoms with van der Waals surface area (Å²) in [5, 5.41) is 13.4. The number of anilines is 1. The molecule has 6 nitrogen and oxygen atoms in total. The van der Waals surface area contributed by atoms with E-state index in [4.69, 9.17) is 17.3 Å². The van der Waals surface area contributed by atoms with E-state index in [9.17, 15) is 14.9 Å². The van der Waals surface area contributed by atoms with Crippen LogP contribution in [0.1, 0.15) is 25.7 Å². The van der Waals surface area contributed by atoms with E-state index in [0.29, 0.717) is 12.2 Å². The second kappa shape index (κ2) is 5.76. The lowest BCUT2D eigenvalue weighted by Crippen LogP contribution is -2.40. The standard InChI is InChI=1S/C13H16ClN3O3/c14-10-7-9(3-4-11(10)17(19)20)16-12(18)13(8-15)5-1-2-6-13/h3-4,7H,1-2,5-6,8,15H2,(H,16,18). The Morgan fingerprint density at radius 1 is 1.45 bits per heavy atom. The zero-order chi connectivity index (χ0) is 14.8. The number of nitrogens with zero attached hydrogens (tertiary/aromatic N) is 1. The van der Waals surface area contributed by atoms with Gasteiger partial charge < -0.3 is 11.1 Å². The Bertz CT molecular complexity index is 542. The summed E-state index contributed by atoms with van der Waals surface area (Å²) >= 11 is 5.82. The van der Waals surface area contributed by atoms with E-state index in [-0.39, 0.29) is 16.6 Å². The Morgan fingerprint density at radius 2 is 2.10 bits per heavy atom. The van der Waals surface area contributed by atoms with E-state index in [0.717, 1.165) is 25.7 Å². The van der Waals surface area contributed by atoms with Crippen LogP contribution in [-0.4, -0.2) is 17.4 Å². The van der Waals surface area contributed by atoms with Crippen LogP contribution in [0.5, 0.6) is 0 Å². The van der Waals surface area contributed by atoms with Crippen molar-refractivity contribution in [2.24, 2.45) is 11.1 Å². The van der Waals surface area contributed by atoms with Crippen LogP contribution in [0.25, 0.3) is 0 Å². The molecule has 0 atom stereocenters. The fourth-order valence-electron chi connectivity index (χ4n) is 2.57. The lowest BCUT2D eigenvalue weighted by molar-refractivity contribution is -0.384. The predicted molar refractivity (Wildman–Crippen MR) is 76.7 cm³/mol. The first-order valence-electron chi connectivity index (χ1n) is 6.44. The first kappa shape index (κ1) is 14.7. The molecule has 1 aromatic carbocycles. The van der Waals surface area contributed by atoms with Gasteiger partial charge in [0.25, 0.3) is 5.69 Å². The van der Waals surface area contributed by atoms with E-state index >= 15 is 0 Å². The highest BCUT2D eigenvalue weighted by Crippen LogP contribution is 2.38. The van der Waals surface area contributed by atoms with Gasteiger partial charge in [0, 0.05) is 18.3 Å². The van der Waals surface area contributed by atoms with E-state index in [2.05, 4.69) is 5.32 Å². The van der Waals surface area contributed by atoms with Gasteiger partial charge in [0.15, 0.2) is 0 Å². The molecule has 0 heterocycles. The van der Waals surface area contributed by atoms with Gasteiger partial charge in [0.1, 0.15) is 5.02 Å². The second-order valence-corrected chi connectivity index (χ2v) is 5.48. The van der Waals surface area contributed by atoms with Crippen LogP contribution < -0.4 is 11.1 Å². The van der Waals surface area contributed by atoms with Crippen molar-refractivity contribution in [3.8, 4) is 0 Å². The molecule has 0 aliphatic heterocycles. The minimum absolute atomic E-state index is 0.000945. The highest BCUT2D eigenvalue weighted by atomic mass is 35.5. The molecule has 0 saturated heterocycles. The maximum Gasteiger partial charge on any atom is 0.288 e. The average Bonchev–Trinajstić information content (AvgIpc) is 2.88. The molecule has 0 radical (unpaired) electrons. The van der Waals surface area contributed by atoms with Crippen LogP contribution >= 0.6 is 11.6 Å². The van der Waals surface area contributed by atoms with Gasteiger partial charge in [-0.15, -0.1) is 0 Å². The van der Waals surface area contributed by atoms with Gasteiger partial charge in [-0.05, 0) is 25.0 Å². The summed E-state index contributed by atoms with van der Waals surface area (Å²) in [5.41, 5.74) is 5.49. The van der Waals surface area contributed by atoms with Gasteiger partial charge >= 0.3 is 0 Å². The van der Waals surface area contributed by atoms with Crippen LogP contribution in [0.2, 0.25) is 5.02 Å². The maximum atomic E-state index is 12.3. The third-order valence-electron chi connectivity index (χ3n) is 3.84. The molecular formula is C13H16ClN3O3. The van der Waals surface area contributed by atoms with Gasteiger partial charge in [0.2, 0.25) is 5.91 Å². The molecule has 7 heteroatoms. The predicted octanol–water partition coefficient (Wildman–Crippen LogP) is 2.71. The number of nitro groups is 1. The highest BCUT2D eigenvalue weighted by molar-refractivity contribution is 6.33. The molecule has 0 bridgehead atoms. The molecule has 1 aliphatic carbocycles. The number of amides is 1. The Balaban J connectivity index is 2.16.